The van der Waals surface area contributed by atoms with E-state index < -0.39 is 17.5 Å². The van der Waals surface area contributed by atoms with Crippen molar-refractivity contribution in [2.45, 2.75) is 26.4 Å². The summed E-state index contributed by atoms with van der Waals surface area (Å²) in [5, 5.41) is 6.17. The molecule has 0 radical (unpaired) electrons. The van der Waals surface area contributed by atoms with E-state index in [9.17, 15) is 9.18 Å². The van der Waals surface area contributed by atoms with Gasteiger partial charge in [0, 0.05) is 17.3 Å². The Balaban J connectivity index is 2.21. The summed E-state index contributed by atoms with van der Waals surface area (Å²) in [6, 6.07) is 5.46. The molecule has 6 nitrogen and oxygen atoms in total. The smallest absolute Gasteiger partial charge is 0.412 e. The summed E-state index contributed by atoms with van der Waals surface area (Å²) in [7, 11) is 0. The minimum Gasteiger partial charge on any atom is -0.444 e. The summed E-state index contributed by atoms with van der Waals surface area (Å²) in [6.45, 7) is 5.25. The van der Waals surface area contributed by atoms with E-state index in [1.165, 1.54) is 24.3 Å². The molecule has 0 atom stereocenters. The topological polar surface area (TPSA) is 90.4 Å². The SMILES string of the molecule is CC(C)(C)OC(=O)Nc1ccc(F)c(-c2cc(N)on2)c1. The third-order valence-corrected chi connectivity index (χ3v) is 2.42. The summed E-state index contributed by atoms with van der Waals surface area (Å²) >= 11 is 0. The van der Waals surface area contributed by atoms with Gasteiger partial charge in [0.1, 0.15) is 17.1 Å². The maximum absolute atomic E-state index is 13.8. The summed E-state index contributed by atoms with van der Waals surface area (Å²) in [4.78, 5) is 11.7. The predicted octanol–water partition coefficient (Wildman–Crippen LogP) is 3.41. The Morgan fingerprint density at radius 1 is 1.38 bits per heavy atom. The van der Waals surface area contributed by atoms with Crippen LogP contribution in [-0.4, -0.2) is 16.9 Å². The van der Waals surface area contributed by atoms with Gasteiger partial charge in [-0.1, -0.05) is 5.16 Å². The first-order chi connectivity index (χ1) is 9.74. The number of nitrogens with one attached hydrogen (secondary N) is 1. The van der Waals surface area contributed by atoms with E-state index >= 15 is 0 Å². The fraction of sp³-hybridized carbons (Fsp3) is 0.286. The molecular weight excluding hydrogens is 277 g/mol. The predicted molar refractivity (Wildman–Crippen MR) is 76.2 cm³/mol. The third kappa shape index (κ3) is 3.95. The number of rotatable bonds is 2. The van der Waals surface area contributed by atoms with Crippen molar-refractivity contribution in [3.63, 3.8) is 0 Å². The molecule has 0 aliphatic rings. The van der Waals surface area contributed by atoms with Gasteiger partial charge in [-0.15, -0.1) is 0 Å². The molecule has 1 aromatic carbocycles. The fourth-order valence-electron chi connectivity index (χ4n) is 1.64. The average molecular weight is 293 g/mol. The van der Waals surface area contributed by atoms with E-state index in [1.54, 1.807) is 20.8 Å². The van der Waals surface area contributed by atoms with Crippen LogP contribution in [0.3, 0.4) is 0 Å². The number of nitrogens with zero attached hydrogens (tertiary/aromatic N) is 1. The van der Waals surface area contributed by atoms with Crippen LogP contribution in [-0.2, 0) is 4.74 Å². The van der Waals surface area contributed by atoms with Crippen molar-refractivity contribution >= 4 is 17.7 Å². The molecule has 2 aromatic rings. The van der Waals surface area contributed by atoms with Gasteiger partial charge in [0.2, 0.25) is 5.88 Å². The Morgan fingerprint density at radius 3 is 2.67 bits per heavy atom. The van der Waals surface area contributed by atoms with E-state index in [-0.39, 0.29) is 17.1 Å². The van der Waals surface area contributed by atoms with E-state index in [2.05, 4.69) is 10.5 Å². The number of carbonyl (C=O) groups is 1. The average Bonchev–Trinajstić information content (AvgIpc) is 2.76. The number of anilines is 2. The molecule has 21 heavy (non-hydrogen) atoms. The Morgan fingerprint density at radius 2 is 2.10 bits per heavy atom. The van der Waals surface area contributed by atoms with Crippen LogP contribution in [0.2, 0.25) is 0 Å². The lowest BCUT2D eigenvalue weighted by atomic mass is 10.1. The van der Waals surface area contributed by atoms with Gasteiger partial charge in [0.05, 0.1) is 0 Å². The van der Waals surface area contributed by atoms with Crippen LogP contribution in [0.25, 0.3) is 11.3 Å². The Labute approximate surface area is 121 Å². The molecule has 0 spiro atoms. The van der Waals surface area contributed by atoms with Gasteiger partial charge in [-0.2, -0.15) is 0 Å². The maximum Gasteiger partial charge on any atom is 0.412 e. The minimum atomic E-state index is -0.625. The van der Waals surface area contributed by atoms with Crippen LogP contribution >= 0.6 is 0 Å². The van der Waals surface area contributed by atoms with Crippen LogP contribution in [0.1, 0.15) is 20.8 Å². The van der Waals surface area contributed by atoms with Crippen molar-refractivity contribution in [3.05, 3.63) is 30.1 Å². The van der Waals surface area contributed by atoms with Crippen molar-refractivity contribution in [1.82, 2.24) is 5.16 Å². The summed E-state index contributed by atoms with van der Waals surface area (Å²) in [6.07, 6.45) is -0.625. The highest BCUT2D eigenvalue weighted by Gasteiger charge is 2.17. The number of hydrogen-bond acceptors (Lipinski definition) is 5. The van der Waals surface area contributed by atoms with Gasteiger partial charge in [-0.3, -0.25) is 5.32 Å². The van der Waals surface area contributed by atoms with Crippen molar-refractivity contribution in [2.24, 2.45) is 0 Å². The van der Waals surface area contributed by atoms with E-state index in [0.717, 1.165) is 0 Å². The van der Waals surface area contributed by atoms with Crippen molar-refractivity contribution < 1.29 is 18.4 Å². The van der Waals surface area contributed by atoms with Crippen LogP contribution in [0.15, 0.2) is 28.8 Å². The Bertz CT molecular complexity index is 662. The molecule has 0 saturated heterocycles. The monoisotopic (exact) mass is 293 g/mol. The summed E-state index contributed by atoms with van der Waals surface area (Å²) < 4.78 is 23.6. The molecule has 2 rings (SSSR count). The van der Waals surface area contributed by atoms with Gasteiger partial charge in [0.15, 0.2) is 0 Å². The number of amides is 1. The quantitative estimate of drug-likeness (QED) is 0.885. The van der Waals surface area contributed by atoms with Gasteiger partial charge in [-0.25, -0.2) is 9.18 Å². The minimum absolute atomic E-state index is 0.0786. The third-order valence-electron chi connectivity index (χ3n) is 2.42. The molecule has 0 aliphatic heterocycles. The number of hydrogen-bond donors (Lipinski definition) is 2. The number of nitrogen functional groups attached to an aromatic ring is 1. The van der Waals surface area contributed by atoms with Crippen molar-refractivity contribution in [1.29, 1.82) is 0 Å². The van der Waals surface area contributed by atoms with Crippen LogP contribution < -0.4 is 11.1 Å². The number of ether oxygens (including phenoxy) is 1. The lowest BCUT2D eigenvalue weighted by Crippen LogP contribution is -2.27. The summed E-state index contributed by atoms with van der Waals surface area (Å²) in [5.41, 5.74) is 5.59. The second-order valence-electron chi connectivity index (χ2n) is 5.44. The first kappa shape index (κ1) is 14.8. The molecule has 0 unspecified atom stereocenters. The molecule has 0 fully saturated rings. The van der Waals surface area contributed by atoms with Crippen LogP contribution in [0, 0.1) is 5.82 Å². The van der Waals surface area contributed by atoms with Gasteiger partial charge in [-0.05, 0) is 39.0 Å². The largest absolute Gasteiger partial charge is 0.444 e. The number of aromatic nitrogens is 1. The van der Waals surface area contributed by atoms with Crippen LogP contribution in [0.4, 0.5) is 20.8 Å². The van der Waals surface area contributed by atoms with Crippen molar-refractivity contribution in [3.8, 4) is 11.3 Å². The molecule has 0 aliphatic carbocycles. The lowest BCUT2D eigenvalue weighted by molar-refractivity contribution is 0.0636. The highest BCUT2D eigenvalue weighted by atomic mass is 19.1. The normalized spacial score (nSPS) is 11.2. The number of carbonyl (C=O) groups excluding carboxylic acids is 1. The molecule has 7 heteroatoms. The first-order valence-corrected chi connectivity index (χ1v) is 6.27. The lowest BCUT2D eigenvalue weighted by Gasteiger charge is -2.19. The highest BCUT2D eigenvalue weighted by Crippen LogP contribution is 2.26. The first-order valence-electron chi connectivity index (χ1n) is 6.27. The van der Waals surface area contributed by atoms with Gasteiger partial charge < -0.3 is 15.0 Å². The molecule has 0 bridgehead atoms. The van der Waals surface area contributed by atoms with Crippen LogP contribution in [0.5, 0.6) is 0 Å². The van der Waals surface area contributed by atoms with E-state index in [0.29, 0.717) is 5.69 Å². The molecule has 1 aromatic heterocycles. The Kier molecular flexibility index (Phi) is 3.84. The molecular formula is C14H16FN3O3. The highest BCUT2D eigenvalue weighted by molar-refractivity contribution is 5.86. The number of benzene rings is 1. The second kappa shape index (κ2) is 5.43. The van der Waals surface area contributed by atoms with E-state index in [1.807, 2.05) is 0 Å². The van der Waals surface area contributed by atoms with Gasteiger partial charge >= 0.3 is 6.09 Å². The molecule has 1 amide bonds. The molecule has 1 heterocycles. The standard InChI is InChI=1S/C14H16FN3O3/c1-14(2,3)20-13(19)17-8-4-5-10(15)9(6-8)11-7-12(16)21-18-11/h4-7H,16H2,1-3H3,(H,17,19). The summed E-state index contributed by atoms with van der Waals surface area (Å²) in [5.74, 6) is -0.423. The van der Waals surface area contributed by atoms with Gasteiger partial charge in [0.25, 0.3) is 0 Å². The molecule has 112 valence electrons. The van der Waals surface area contributed by atoms with E-state index in [4.69, 9.17) is 15.0 Å². The fourth-order valence-corrected chi connectivity index (χ4v) is 1.64. The zero-order valence-corrected chi connectivity index (χ0v) is 11.9. The molecule has 0 saturated carbocycles. The maximum atomic E-state index is 13.8. The van der Waals surface area contributed by atoms with Crippen molar-refractivity contribution in [2.75, 3.05) is 11.1 Å². The Hall–Kier alpha value is -2.57. The number of halogens is 1. The molecule has 3 N–H and O–H groups in total. The second-order valence-corrected chi connectivity index (χ2v) is 5.44. The number of nitrogens with two attached hydrogens (primary N) is 1. The zero-order valence-electron chi connectivity index (χ0n) is 11.9. The zero-order chi connectivity index (χ0) is 15.6.